The van der Waals surface area contributed by atoms with E-state index in [0.29, 0.717) is 11.5 Å². The summed E-state index contributed by atoms with van der Waals surface area (Å²) < 4.78 is 0. The Morgan fingerprint density at radius 3 is 2.42 bits per heavy atom. The quantitative estimate of drug-likeness (QED) is 0.760. The standard InChI is InChI=1S/C19H18N4O/c1-13-6-8-15(9-7-13)22-18-11-17(20-12-21-18)19(24)23-16-5-3-4-14(2)10-16/h3-12H,1-2H3,(H,23,24)(H,20,21,22). The average Bonchev–Trinajstić information content (AvgIpc) is 2.57. The van der Waals surface area contributed by atoms with Crippen molar-refractivity contribution < 1.29 is 4.79 Å². The zero-order valence-electron chi connectivity index (χ0n) is 13.6. The summed E-state index contributed by atoms with van der Waals surface area (Å²) in [5.41, 5.74) is 4.22. The molecule has 5 nitrogen and oxygen atoms in total. The molecule has 2 aromatic carbocycles. The van der Waals surface area contributed by atoms with Crippen molar-refractivity contribution in [3.05, 3.63) is 77.7 Å². The number of anilines is 3. The summed E-state index contributed by atoms with van der Waals surface area (Å²) in [5, 5.41) is 6.01. The van der Waals surface area contributed by atoms with E-state index in [4.69, 9.17) is 0 Å². The molecule has 0 aliphatic heterocycles. The molecule has 0 atom stereocenters. The van der Waals surface area contributed by atoms with Crippen molar-refractivity contribution in [2.75, 3.05) is 10.6 Å². The summed E-state index contributed by atoms with van der Waals surface area (Å²) in [5.74, 6) is 0.304. The minimum atomic E-state index is -0.269. The molecule has 0 unspecified atom stereocenters. The Balaban J connectivity index is 1.74. The lowest BCUT2D eigenvalue weighted by Gasteiger charge is -2.08. The van der Waals surface area contributed by atoms with Gasteiger partial charge in [-0.05, 0) is 43.7 Å². The van der Waals surface area contributed by atoms with Crippen molar-refractivity contribution in [2.45, 2.75) is 13.8 Å². The maximum Gasteiger partial charge on any atom is 0.274 e. The normalized spacial score (nSPS) is 10.2. The number of benzene rings is 2. The Morgan fingerprint density at radius 2 is 1.67 bits per heavy atom. The monoisotopic (exact) mass is 318 g/mol. The molecule has 3 aromatic rings. The molecule has 1 aromatic heterocycles. The second-order valence-corrected chi connectivity index (χ2v) is 5.60. The van der Waals surface area contributed by atoms with E-state index >= 15 is 0 Å². The van der Waals surface area contributed by atoms with Gasteiger partial charge in [-0.1, -0.05) is 29.8 Å². The number of carbonyl (C=O) groups excluding carboxylic acids is 1. The maximum absolute atomic E-state index is 12.3. The van der Waals surface area contributed by atoms with Gasteiger partial charge >= 0.3 is 0 Å². The molecular weight excluding hydrogens is 300 g/mol. The molecule has 0 radical (unpaired) electrons. The van der Waals surface area contributed by atoms with Gasteiger partial charge in [-0.25, -0.2) is 9.97 Å². The molecule has 2 N–H and O–H groups in total. The zero-order valence-corrected chi connectivity index (χ0v) is 13.6. The number of nitrogens with zero attached hydrogens (tertiary/aromatic N) is 2. The van der Waals surface area contributed by atoms with Gasteiger partial charge < -0.3 is 10.6 Å². The van der Waals surface area contributed by atoms with E-state index in [1.807, 2.05) is 62.4 Å². The van der Waals surface area contributed by atoms with Gasteiger partial charge in [0, 0.05) is 17.4 Å². The highest BCUT2D eigenvalue weighted by atomic mass is 16.1. The van der Waals surface area contributed by atoms with Gasteiger partial charge in [-0.2, -0.15) is 0 Å². The van der Waals surface area contributed by atoms with Crippen molar-refractivity contribution in [1.29, 1.82) is 0 Å². The first-order valence-electron chi connectivity index (χ1n) is 7.64. The van der Waals surface area contributed by atoms with E-state index in [1.54, 1.807) is 6.07 Å². The first-order valence-corrected chi connectivity index (χ1v) is 7.64. The molecule has 0 aliphatic carbocycles. The minimum absolute atomic E-state index is 0.269. The van der Waals surface area contributed by atoms with E-state index in [0.717, 1.165) is 16.9 Å². The van der Waals surface area contributed by atoms with Crippen LogP contribution in [0.3, 0.4) is 0 Å². The molecule has 0 saturated heterocycles. The van der Waals surface area contributed by atoms with Crippen LogP contribution in [0.25, 0.3) is 0 Å². The van der Waals surface area contributed by atoms with Crippen LogP contribution in [0, 0.1) is 13.8 Å². The molecule has 0 fully saturated rings. The molecule has 0 bridgehead atoms. The Bertz CT molecular complexity index is 859. The lowest BCUT2D eigenvalue weighted by molar-refractivity contribution is 0.102. The number of aryl methyl sites for hydroxylation is 2. The number of carbonyl (C=O) groups is 1. The SMILES string of the molecule is Cc1ccc(Nc2cc(C(=O)Nc3cccc(C)c3)ncn2)cc1. The van der Waals surface area contributed by atoms with Crippen molar-refractivity contribution in [3.63, 3.8) is 0 Å². The molecule has 24 heavy (non-hydrogen) atoms. The number of nitrogens with one attached hydrogen (secondary N) is 2. The third kappa shape index (κ3) is 3.95. The second-order valence-electron chi connectivity index (χ2n) is 5.60. The predicted octanol–water partition coefficient (Wildman–Crippen LogP) is 4.09. The summed E-state index contributed by atoms with van der Waals surface area (Å²) in [4.78, 5) is 20.6. The van der Waals surface area contributed by atoms with Crippen LogP contribution < -0.4 is 10.6 Å². The highest BCUT2D eigenvalue weighted by molar-refractivity contribution is 6.03. The zero-order chi connectivity index (χ0) is 16.9. The lowest BCUT2D eigenvalue weighted by Crippen LogP contribution is -2.14. The van der Waals surface area contributed by atoms with Crippen molar-refractivity contribution in [2.24, 2.45) is 0 Å². The fourth-order valence-electron chi connectivity index (χ4n) is 2.25. The second kappa shape index (κ2) is 6.91. The minimum Gasteiger partial charge on any atom is -0.340 e. The van der Waals surface area contributed by atoms with Crippen LogP contribution in [0.5, 0.6) is 0 Å². The number of rotatable bonds is 4. The Labute approximate surface area is 140 Å². The van der Waals surface area contributed by atoms with Gasteiger partial charge in [0.2, 0.25) is 0 Å². The maximum atomic E-state index is 12.3. The molecule has 1 amide bonds. The number of aromatic nitrogens is 2. The fraction of sp³-hybridized carbons (Fsp3) is 0.105. The largest absolute Gasteiger partial charge is 0.340 e. The van der Waals surface area contributed by atoms with Crippen molar-refractivity contribution >= 4 is 23.1 Å². The molecule has 120 valence electrons. The van der Waals surface area contributed by atoms with Crippen LogP contribution in [0.4, 0.5) is 17.2 Å². The molecule has 0 saturated carbocycles. The first kappa shape index (κ1) is 15.7. The van der Waals surface area contributed by atoms with E-state index < -0.39 is 0 Å². The van der Waals surface area contributed by atoms with Crippen LogP contribution in [0.1, 0.15) is 21.6 Å². The first-order chi connectivity index (χ1) is 11.6. The third-order valence-corrected chi connectivity index (χ3v) is 3.50. The van der Waals surface area contributed by atoms with Gasteiger partial charge in [0.25, 0.3) is 5.91 Å². The van der Waals surface area contributed by atoms with E-state index in [1.165, 1.54) is 11.9 Å². The predicted molar refractivity (Wildman–Crippen MR) is 95.6 cm³/mol. The third-order valence-electron chi connectivity index (χ3n) is 3.50. The summed E-state index contributed by atoms with van der Waals surface area (Å²) in [6, 6.07) is 17.2. The number of hydrogen-bond donors (Lipinski definition) is 2. The highest BCUT2D eigenvalue weighted by Gasteiger charge is 2.09. The van der Waals surface area contributed by atoms with E-state index in [9.17, 15) is 4.79 Å². The van der Waals surface area contributed by atoms with Gasteiger partial charge in [-0.15, -0.1) is 0 Å². The summed E-state index contributed by atoms with van der Waals surface area (Å²) in [6.45, 7) is 4.01. The van der Waals surface area contributed by atoms with Crippen LogP contribution in [0.2, 0.25) is 0 Å². The molecule has 0 aliphatic rings. The molecule has 0 spiro atoms. The summed E-state index contributed by atoms with van der Waals surface area (Å²) in [7, 11) is 0. The van der Waals surface area contributed by atoms with Gasteiger partial charge in [0.1, 0.15) is 17.8 Å². The topological polar surface area (TPSA) is 66.9 Å². The smallest absolute Gasteiger partial charge is 0.274 e. The number of amides is 1. The van der Waals surface area contributed by atoms with E-state index in [2.05, 4.69) is 20.6 Å². The molecular formula is C19H18N4O. The van der Waals surface area contributed by atoms with Gasteiger partial charge in [0.05, 0.1) is 0 Å². The summed E-state index contributed by atoms with van der Waals surface area (Å²) >= 11 is 0. The molecule has 3 rings (SSSR count). The van der Waals surface area contributed by atoms with Crippen LogP contribution in [0.15, 0.2) is 60.9 Å². The van der Waals surface area contributed by atoms with E-state index in [-0.39, 0.29) is 5.91 Å². The van der Waals surface area contributed by atoms with Gasteiger partial charge in [0.15, 0.2) is 0 Å². The Kier molecular flexibility index (Phi) is 4.52. The van der Waals surface area contributed by atoms with Crippen molar-refractivity contribution in [3.8, 4) is 0 Å². The van der Waals surface area contributed by atoms with Crippen LogP contribution in [-0.4, -0.2) is 15.9 Å². The van der Waals surface area contributed by atoms with Crippen LogP contribution >= 0.6 is 0 Å². The average molecular weight is 318 g/mol. The summed E-state index contributed by atoms with van der Waals surface area (Å²) in [6.07, 6.45) is 1.38. The van der Waals surface area contributed by atoms with Gasteiger partial charge in [-0.3, -0.25) is 4.79 Å². The molecule has 1 heterocycles. The Morgan fingerprint density at radius 1 is 0.875 bits per heavy atom. The molecule has 5 heteroatoms. The lowest BCUT2D eigenvalue weighted by atomic mass is 10.2. The van der Waals surface area contributed by atoms with Crippen LogP contribution in [-0.2, 0) is 0 Å². The highest BCUT2D eigenvalue weighted by Crippen LogP contribution is 2.16. The fourth-order valence-corrected chi connectivity index (χ4v) is 2.25. The number of hydrogen-bond acceptors (Lipinski definition) is 4. The van der Waals surface area contributed by atoms with Crippen molar-refractivity contribution in [1.82, 2.24) is 9.97 Å². The Hall–Kier alpha value is -3.21.